The van der Waals surface area contributed by atoms with Crippen molar-refractivity contribution < 1.29 is 9.32 Å². The lowest BCUT2D eigenvalue weighted by Crippen LogP contribution is -2.38. The van der Waals surface area contributed by atoms with Gasteiger partial charge >= 0.3 is 0 Å². The number of amides is 1. The van der Waals surface area contributed by atoms with E-state index >= 15 is 0 Å². The van der Waals surface area contributed by atoms with Gasteiger partial charge in [-0.1, -0.05) is 24.2 Å². The van der Waals surface area contributed by atoms with Crippen LogP contribution in [0.4, 0.5) is 5.69 Å². The lowest BCUT2D eigenvalue weighted by atomic mass is 9.97. The van der Waals surface area contributed by atoms with Crippen LogP contribution >= 0.6 is 0 Å². The van der Waals surface area contributed by atoms with Crippen LogP contribution in [-0.2, 0) is 11.2 Å². The molecule has 1 N–H and O–H groups in total. The first-order valence-electron chi connectivity index (χ1n) is 10.1. The summed E-state index contributed by atoms with van der Waals surface area (Å²) in [5, 5.41) is 7.07. The van der Waals surface area contributed by atoms with Gasteiger partial charge in [-0.2, -0.15) is 4.98 Å². The molecule has 0 unspecified atom stereocenters. The molecule has 4 rings (SSSR count). The number of hydrogen-bond donors (Lipinski definition) is 1. The number of aryl methyl sites for hydroxylation is 1. The van der Waals surface area contributed by atoms with E-state index in [1.807, 2.05) is 36.4 Å². The number of carbonyl (C=O) groups excluding carboxylic acids is 1. The van der Waals surface area contributed by atoms with E-state index in [2.05, 4.69) is 32.3 Å². The van der Waals surface area contributed by atoms with Crippen molar-refractivity contribution in [2.45, 2.75) is 32.1 Å². The zero-order valence-corrected chi connectivity index (χ0v) is 16.5. The van der Waals surface area contributed by atoms with Crippen LogP contribution in [0.25, 0.3) is 11.4 Å². The van der Waals surface area contributed by atoms with Crippen molar-refractivity contribution in [3.63, 3.8) is 0 Å². The molecule has 1 aliphatic heterocycles. The highest BCUT2D eigenvalue weighted by molar-refractivity contribution is 5.92. The number of aromatic nitrogens is 3. The highest BCUT2D eigenvalue weighted by Crippen LogP contribution is 2.28. The first-order valence-corrected chi connectivity index (χ1v) is 10.1. The Balaban J connectivity index is 1.27. The summed E-state index contributed by atoms with van der Waals surface area (Å²) < 4.78 is 5.49. The Labute approximate surface area is 170 Å². The summed E-state index contributed by atoms with van der Waals surface area (Å²) in [6.45, 7) is 4.18. The minimum Gasteiger partial charge on any atom is -0.339 e. The average Bonchev–Trinajstić information content (AvgIpc) is 3.26. The first kappa shape index (κ1) is 19.3. The molecule has 0 saturated carbocycles. The van der Waals surface area contributed by atoms with Crippen LogP contribution in [0.2, 0.25) is 0 Å². The number of rotatable bonds is 6. The molecule has 1 fully saturated rings. The molecule has 3 heterocycles. The zero-order chi connectivity index (χ0) is 20.1. The minimum atomic E-state index is 0.0189. The fraction of sp³-hybridized carbons (Fsp3) is 0.364. The van der Waals surface area contributed by atoms with Crippen molar-refractivity contribution in [2.75, 3.05) is 25.0 Å². The maximum Gasteiger partial charge on any atom is 0.238 e. The van der Waals surface area contributed by atoms with Crippen molar-refractivity contribution in [2.24, 2.45) is 0 Å². The van der Waals surface area contributed by atoms with Crippen LogP contribution in [0, 0.1) is 0 Å². The van der Waals surface area contributed by atoms with E-state index in [4.69, 9.17) is 4.52 Å². The molecule has 1 aliphatic rings. The largest absolute Gasteiger partial charge is 0.339 e. The van der Waals surface area contributed by atoms with E-state index in [0.29, 0.717) is 18.3 Å². The van der Waals surface area contributed by atoms with E-state index in [0.717, 1.165) is 43.6 Å². The summed E-state index contributed by atoms with van der Waals surface area (Å²) in [6, 6.07) is 11.7. The number of pyridine rings is 1. The summed E-state index contributed by atoms with van der Waals surface area (Å²) in [5.41, 5.74) is 3.01. The second-order valence-electron chi connectivity index (χ2n) is 7.34. The lowest BCUT2D eigenvalue weighted by molar-refractivity contribution is -0.117. The van der Waals surface area contributed by atoms with Crippen LogP contribution in [0.1, 0.15) is 37.1 Å². The van der Waals surface area contributed by atoms with E-state index in [9.17, 15) is 4.79 Å². The van der Waals surface area contributed by atoms with Gasteiger partial charge in [-0.15, -0.1) is 0 Å². The number of anilines is 1. The highest BCUT2D eigenvalue weighted by Gasteiger charge is 2.26. The molecule has 0 bridgehead atoms. The molecule has 0 radical (unpaired) electrons. The standard InChI is InChI=1S/C22H25N5O2/c1-2-16-3-5-19(6-4-16)24-20(28)15-27-13-9-18(10-14-27)22-25-21(26-29-22)17-7-11-23-12-8-17/h3-8,11-12,18H,2,9-10,13-15H2,1H3,(H,24,28). The van der Waals surface area contributed by atoms with Gasteiger partial charge in [-0.3, -0.25) is 14.7 Å². The zero-order valence-electron chi connectivity index (χ0n) is 16.5. The molecule has 3 aromatic rings. The molecule has 1 saturated heterocycles. The first-order chi connectivity index (χ1) is 14.2. The summed E-state index contributed by atoms with van der Waals surface area (Å²) in [5.74, 6) is 1.53. The van der Waals surface area contributed by atoms with Gasteiger partial charge < -0.3 is 9.84 Å². The molecule has 7 heteroatoms. The SMILES string of the molecule is CCc1ccc(NC(=O)CN2CCC(c3nc(-c4ccncc4)no3)CC2)cc1. The number of nitrogens with one attached hydrogen (secondary N) is 1. The number of benzene rings is 1. The van der Waals surface area contributed by atoms with E-state index < -0.39 is 0 Å². The van der Waals surface area contributed by atoms with Crippen molar-refractivity contribution in [1.82, 2.24) is 20.0 Å². The molecule has 0 atom stereocenters. The van der Waals surface area contributed by atoms with Gasteiger partial charge in [0.2, 0.25) is 17.6 Å². The molecule has 1 amide bonds. The van der Waals surface area contributed by atoms with Gasteiger partial charge in [0.15, 0.2) is 0 Å². The van der Waals surface area contributed by atoms with Gasteiger partial charge in [0.05, 0.1) is 6.54 Å². The summed E-state index contributed by atoms with van der Waals surface area (Å²) >= 11 is 0. The Morgan fingerprint density at radius 2 is 1.86 bits per heavy atom. The van der Waals surface area contributed by atoms with Gasteiger partial charge in [-0.05, 0) is 62.2 Å². The Morgan fingerprint density at radius 3 is 2.55 bits per heavy atom. The predicted molar refractivity (Wildman–Crippen MR) is 110 cm³/mol. The minimum absolute atomic E-state index is 0.0189. The number of carbonyl (C=O) groups is 1. The van der Waals surface area contributed by atoms with Crippen LogP contribution in [0.15, 0.2) is 53.3 Å². The third kappa shape index (κ3) is 4.86. The molecule has 7 nitrogen and oxygen atoms in total. The maximum absolute atomic E-state index is 12.3. The fourth-order valence-corrected chi connectivity index (χ4v) is 3.58. The van der Waals surface area contributed by atoms with Crippen LogP contribution in [0.5, 0.6) is 0 Å². The molecule has 0 spiro atoms. The predicted octanol–water partition coefficient (Wildman–Crippen LogP) is 3.51. The third-order valence-corrected chi connectivity index (χ3v) is 5.33. The van der Waals surface area contributed by atoms with Crippen LogP contribution in [0.3, 0.4) is 0 Å². The molecule has 29 heavy (non-hydrogen) atoms. The molecule has 2 aromatic heterocycles. The molecule has 1 aromatic carbocycles. The van der Waals surface area contributed by atoms with Crippen molar-refractivity contribution >= 4 is 11.6 Å². The average molecular weight is 391 g/mol. The Hall–Kier alpha value is -3.06. The van der Waals surface area contributed by atoms with Crippen LogP contribution in [-0.4, -0.2) is 45.6 Å². The van der Waals surface area contributed by atoms with Crippen molar-refractivity contribution in [3.05, 3.63) is 60.2 Å². The lowest BCUT2D eigenvalue weighted by Gasteiger charge is -2.29. The van der Waals surface area contributed by atoms with Gasteiger partial charge in [0.1, 0.15) is 0 Å². The molecule has 150 valence electrons. The molecular formula is C22H25N5O2. The van der Waals surface area contributed by atoms with E-state index in [-0.39, 0.29) is 11.8 Å². The Bertz CT molecular complexity index is 931. The highest BCUT2D eigenvalue weighted by atomic mass is 16.5. The van der Waals surface area contributed by atoms with E-state index in [1.54, 1.807) is 12.4 Å². The molecule has 0 aliphatic carbocycles. The summed E-state index contributed by atoms with van der Waals surface area (Å²) in [6.07, 6.45) is 6.22. The monoisotopic (exact) mass is 391 g/mol. The number of likely N-dealkylation sites (tertiary alicyclic amines) is 1. The van der Waals surface area contributed by atoms with Gasteiger partial charge in [-0.25, -0.2) is 0 Å². The fourth-order valence-electron chi connectivity index (χ4n) is 3.58. The van der Waals surface area contributed by atoms with Crippen molar-refractivity contribution in [1.29, 1.82) is 0 Å². The maximum atomic E-state index is 12.3. The smallest absolute Gasteiger partial charge is 0.238 e. The number of piperidine rings is 1. The summed E-state index contributed by atoms with van der Waals surface area (Å²) in [4.78, 5) is 23.1. The second-order valence-corrected chi connectivity index (χ2v) is 7.34. The van der Waals surface area contributed by atoms with E-state index in [1.165, 1.54) is 5.56 Å². The van der Waals surface area contributed by atoms with Gasteiger partial charge in [0, 0.05) is 29.6 Å². The Kier molecular flexibility index (Phi) is 5.95. The van der Waals surface area contributed by atoms with Crippen molar-refractivity contribution in [3.8, 4) is 11.4 Å². The topological polar surface area (TPSA) is 84.2 Å². The molecular weight excluding hydrogens is 366 g/mol. The summed E-state index contributed by atoms with van der Waals surface area (Å²) in [7, 11) is 0. The third-order valence-electron chi connectivity index (χ3n) is 5.33. The number of hydrogen-bond acceptors (Lipinski definition) is 6. The quantitative estimate of drug-likeness (QED) is 0.692. The number of nitrogens with zero attached hydrogens (tertiary/aromatic N) is 4. The van der Waals surface area contributed by atoms with Gasteiger partial charge in [0.25, 0.3) is 0 Å². The normalized spacial score (nSPS) is 15.3. The van der Waals surface area contributed by atoms with Crippen LogP contribution < -0.4 is 5.32 Å². The Morgan fingerprint density at radius 1 is 1.14 bits per heavy atom. The second kappa shape index (κ2) is 8.96.